The molecule has 0 atom stereocenters. The fourth-order valence-corrected chi connectivity index (χ4v) is 1.81. The first-order valence-electron chi connectivity index (χ1n) is 6.49. The van der Waals surface area contributed by atoms with Crippen LogP contribution in [0.5, 0.6) is 11.5 Å². The second-order valence-electron chi connectivity index (χ2n) is 4.30. The molecule has 0 aromatic heterocycles. The SMILES string of the molecule is COc1ccc(/C=C\C(=O)Nc2ccccc2OC)cc1. The molecule has 0 heterocycles. The Balaban J connectivity index is 2.02. The number of nitrogens with one attached hydrogen (secondary N) is 1. The van der Waals surface area contributed by atoms with Gasteiger partial charge in [-0.25, -0.2) is 0 Å². The predicted molar refractivity (Wildman–Crippen MR) is 83.7 cm³/mol. The first-order chi connectivity index (χ1) is 10.2. The Morgan fingerprint density at radius 3 is 2.38 bits per heavy atom. The molecule has 1 N–H and O–H groups in total. The van der Waals surface area contributed by atoms with Crippen LogP contribution in [-0.2, 0) is 4.79 Å². The van der Waals surface area contributed by atoms with Gasteiger partial charge in [-0.05, 0) is 35.9 Å². The summed E-state index contributed by atoms with van der Waals surface area (Å²) in [6.07, 6.45) is 3.22. The first-order valence-corrected chi connectivity index (χ1v) is 6.49. The summed E-state index contributed by atoms with van der Waals surface area (Å²) < 4.78 is 10.3. The number of anilines is 1. The van der Waals surface area contributed by atoms with E-state index in [1.54, 1.807) is 32.4 Å². The van der Waals surface area contributed by atoms with Crippen molar-refractivity contribution in [1.82, 2.24) is 0 Å². The lowest BCUT2D eigenvalue weighted by Gasteiger charge is -2.07. The molecule has 0 radical (unpaired) electrons. The minimum absolute atomic E-state index is 0.213. The van der Waals surface area contributed by atoms with Gasteiger partial charge in [0.2, 0.25) is 5.91 Å². The van der Waals surface area contributed by atoms with Crippen molar-refractivity contribution in [1.29, 1.82) is 0 Å². The zero-order chi connectivity index (χ0) is 15.1. The van der Waals surface area contributed by atoms with Gasteiger partial charge in [-0.3, -0.25) is 4.79 Å². The lowest BCUT2D eigenvalue weighted by atomic mass is 10.2. The van der Waals surface area contributed by atoms with Gasteiger partial charge in [0.1, 0.15) is 11.5 Å². The summed E-state index contributed by atoms with van der Waals surface area (Å²) in [5.74, 6) is 1.20. The van der Waals surface area contributed by atoms with Crippen molar-refractivity contribution in [3.8, 4) is 11.5 Å². The number of hydrogen-bond donors (Lipinski definition) is 1. The molecule has 2 aromatic carbocycles. The second kappa shape index (κ2) is 7.14. The van der Waals surface area contributed by atoms with Gasteiger partial charge in [0.05, 0.1) is 19.9 Å². The summed E-state index contributed by atoms with van der Waals surface area (Å²) in [4.78, 5) is 11.9. The highest BCUT2D eigenvalue weighted by Gasteiger charge is 2.03. The molecule has 0 saturated heterocycles. The van der Waals surface area contributed by atoms with E-state index < -0.39 is 0 Å². The molecule has 0 unspecified atom stereocenters. The number of methoxy groups -OCH3 is 2. The molecule has 21 heavy (non-hydrogen) atoms. The highest BCUT2D eigenvalue weighted by atomic mass is 16.5. The molecule has 0 aliphatic rings. The van der Waals surface area contributed by atoms with E-state index in [2.05, 4.69) is 5.32 Å². The van der Waals surface area contributed by atoms with Gasteiger partial charge in [0.15, 0.2) is 0 Å². The van der Waals surface area contributed by atoms with Crippen molar-refractivity contribution >= 4 is 17.7 Å². The van der Waals surface area contributed by atoms with Gasteiger partial charge in [-0.1, -0.05) is 24.3 Å². The zero-order valence-electron chi connectivity index (χ0n) is 12.0. The van der Waals surface area contributed by atoms with E-state index in [-0.39, 0.29) is 5.91 Å². The number of ether oxygens (including phenoxy) is 2. The molecule has 2 rings (SSSR count). The molecule has 0 aliphatic heterocycles. The summed E-state index contributed by atoms with van der Waals surface area (Å²) in [7, 11) is 3.18. The number of carbonyl (C=O) groups excluding carboxylic acids is 1. The van der Waals surface area contributed by atoms with E-state index in [9.17, 15) is 4.79 Å². The van der Waals surface area contributed by atoms with E-state index in [0.717, 1.165) is 11.3 Å². The van der Waals surface area contributed by atoms with E-state index in [4.69, 9.17) is 9.47 Å². The molecule has 0 bridgehead atoms. The lowest BCUT2D eigenvalue weighted by molar-refractivity contribution is -0.111. The minimum Gasteiger partial charge on any atom is -0.497 e. The summed E-state index contributed by atoms with van der Waals surface area (Å²) in [5.41, 5.74) is 1.57. The fraction of sp³-hybridized carbons (Fsp3) is 0.118. The average Bonchev–Trinajstić information content (AvgIpc) is 2.54. The molecule has 0 fully saturated rings. The Morgan fingerprint density at radius 1 is 1.00 bits per heavy atom. The van der Waals surface area contributed by atoms with Crippen LogP contribution in [0.3, 0.4) is 0 Å². The van der Waals surface area contributed by atoms with Crippen molar-refractivity contribution in [2.75, 3.05) is 19.5 Å². The molecule has 0 spiro atoms. The van der Waals surface area contributed by atoms with Crippen LogP contribution in [0.1, 0.15) is 5.56 Å². The number of amides is 1. The van der Waals surface area contributed by atoms with Crippen LogP contribution < -0.4 is 14.8 Å². The van der Waals surface area contributed by atoms with E-state index >= 15 is 0 Å². The van der Waals surface area contributed by atoms with Crippen LogP contribution in [0.2, 0.25) is 0 Å². The summed E-state index contributed by atoms with van der Waals surface area (Å²) in [6.45, 7) is 0. The number of benzene rings is 2. The highest BCUT2D eigenvalue weighted by Crippen LogP contribution is 2.23. The van der Waals surface area contributed by atoms with Crippen LogP contribution in [0.25, 0.3) is 6.08 Å². The molecule has 2 aromatic rings. The van der Waals surface area contributed by atoms with Crippen LogP contribution >= 0.6 is 0 Å². The van der Waals surface area contributed by atoms with Crippen LogP contribution in [0, 0.1) is 0 Å². The Kier molecular flexibility index (Phi) is 4.99. The monoisotopic (exact) mass is 283 g/mol. The van der Waals surface area contributed by atoms with Crippen molar-refractivity contribution in [3.63, 3.8) is 0 Å². The molecule has 0 saturated carbocycles. The normalized spacial score (nSPS) is 10.4. The van der Waals surface area contributed by atoms with Crippen molar-refractivity contribution < 1.29 is 14.3 Å². The number of hydrogen-bond acceptors (Lipinski definition) is 3. The largest absolute Gasteiger partial charge is 0.497 e. The maximum atomic E-state index is 11.9. The van der Waals surface area contributed by atoms with Crippen LogP contribution in [0.15, 0.2) is 54.6 Å². The summed E-state index contributed by atoms with van der Waals surface area (Å²) >= 11 is 0. The Morgan fingerprint density at radius 2 is 1.71 bits per heavy atom. The third kappa shape index (κ3) is 4.11. The third-order valence-electron chi connectivity index (χ3n) is 2.91. The molecule has 0 aliphatic carbocycles. The lowest BCUT2D eigenvalue weighted by Crippen LogP contribution is -2.08. The standard InChI is InChI=1S/C17H17NO3/c1-20-14-10-7-13(8-11-14)9-12-17(19)18-15-5-3-4-6-16(15)21-2/h3-12H,1-2H3,(H,18,19)/b12-9-. The van der Waals surface area contributed by atoms with Crippen molar-refractivity contribution in [2.45, 2.75) is 0 Å². The maximum Gasteiger partial charge on any atom is 0.248 e. The number of rotatable bonds is 5. The molecule has 4 heteroatoms. The summed E-state index contributed by atoms with van der Waals surface area (Å²) in [6, 6.07) is 14.7. The Hall–Kier alpha value is -2.75. The summed E-state index contributed by atoms with van der Waals surface area (Å²) in [5, 5.41) is 2.78. The molecular formula is C17H17NO3. The second-order valence-corrected chi connectivity index (χ2v) is 4.30. The molecule has 4 nitrogen and oxygen atoms in total. The van der Waals surface area contributed by atoms with E-state index in [0.29, 0.717) is 11.4 Å². The fourth-order valence-electron chi connectivity index (χ4n) is 1.81. The number of carbonyl (C=O) groups is 1. The molecule has 108 valence electrons. The topological polar surface area (TPSA) is 47.6 Å². The molecule has 1 amide bonds. The maximum absolute atomic E-state index is 11.9. The van der Waals surface area contributed by atoms with Crippen LogP contribution in [0.4, 0.5) is 5.69 Å². The smallest absolute Gasteiger partial charge is 0.248 e. The predicted octanol–water partition coefficient (Wildman–Crippen LogP) is 3.36. The number of para-hydroxylation sites is 2. The van der Waals surface area contributed by atoms with Crippen molar-refractivity contribution in [2.24, 2.45) is 0 Å². The first kappa shape index (κ1) is 14.7. The Labute approximate surface area is 124 Å². The van der Waals surface area contributed by atoms with E-state index in [1.807, 2.05) is 36.4 Å². The third-order valence-corrected chi connectivity index (χ3v) is 2.91. The zero-order valence-corrected chi connectivity index (χ0v) is 12.0. The van der Waals surface area contributed by atoms with Gasteiger partial charge >= 0.3 is 0 Å². The average molecular weight is 283 g/mol. The van der Waals surface area contributed by atoms with Gasteiger partial charge in [0.25, 0.3) is 0 Å². The minimum atomic E-state index is -0.213. The van der Waals surface area contributed by atoms with Gasteiger partial charge < -0.3 is 14.8 Å². The molecular weight excluding hydrogens is 266 g/mol. The van der Waals surface area contributed by atoms with Gasteiger partial charge in [-0.2, -0.15) is 0 Å². The van der Waals surface area contributed by atoms with Crippen molar-refractivity contribution in [3.05, 3.63) is 60.2 Å². The van der Waals surface area contributed by atoms with Crippen LogP contribution in [-0.4, -0.2) is 20.1 Å². The Bertz CT molecular complexity index is 633. The van der Waals surface area contributed by atoms with Gasteiger partial charge in [-0.15, -0.1) is 0 Å². The highest BCUT2D eigenvalue weighted by molar-refractivity contribution is 6.02. The quantitative estimate of drug-likeness (QED) is 0.856. The van der Waals surface area contributed by atoms with Gasteiger partial charge in [0, 0.05) is 6.08 Å². The van der Waals surface area contributed by atoms with E-state index in [1.165, 1.54) is 6.08 Å².